The first-order valence-electron chi connectivity index (χ1n) is 7.96. The van der Waals surface area contributed by atoms with Crippen molar-refractivity contribution in [3.8, 4) is 5.75 Å². The fraction of sp³-hybridized carbons (Fsp3) is 0.294. The molecule has 1 aromatic carbocycles. The number of ether oxygens (including phenoxy) is 2. The van der Waals surface area contributed by atoms with Gasteiger partial charge in [0.2, 0.25) is 5.65 Å². The predicted octanol–water partition coefficient (Wildman–Crippen LogP) is 1.96. The zero-order chi connectivity index (χ0) is 17.6. The molecule has 0 bridgehead atoms. The second-order valence-corrected chi connectivity index (χ2v) is 5.30. The molecule has 2 heterocycles. The Hall–Kier alpha value is -3.16. The summed E-state index contributed by atoms with van der Waals surface area (Å²) in [4.78, 5) is 11.5. The van der Waals surface area contributed by atoms with Crippen LogP contribution in [0.2, 0.25) is 0 Å². The number of methoxy groups -OCH3 is 1. The van der Waals surface area contributed by atoms with Crippen LogP contribution in [0.1, 0.15) is 23.0 Å². The smallest absolute Gasteiger partial charge is 0.337 e. The zero-order valence-corrected chi connectivity index (χ0v) is 14.1. The Bertz CT molecular complexity index is 878. The number of aromatic nitrogens is 4. The highest BCUT2D eigenvalue weighted by molar-refractivity contribution is 5.89. The third-order valence-corrected chi connectivity index (χ3v) is 3.62. The number of hydrogen-bond donors (Lipinski definition) is 1. The van der Waals surface area contributed by atoms with Crippen LogP contribution in [0, 0.1) is 0 Å². The maximum absolute atomic E-state index is 11.5. The number of nitrogens with zero attached hydrogens (tertiary/aromatic N) is 4. The van der Waals surface area contributed by atoms with Gasteiger partial charge >= 0.3 is 5.97 Å². The Morgan fingerprint density at radius 3 is 3.00 bits per heavy atom. The van der Waals surface area contributed by atoms with E-state index in [4.69, 9.17) is 9.47 Å². The third kappa shape index (κ3) is 3.85. The quantitative estimate of drug-likeness (QED) is 0.519. The van der Waals surface area contributed by atoms with Gasteiger partial charge in [0.25, 0.3) is 0 Å². The molecule has 8 heteroatoms. The Morgan fingerprint density at radius 1 is 1.32 bits per heavy atom. The van der Waals surface area contributed by atoms with Crippen LogP contribution in [0.5, 0.6) is 5.75 Å². The van der Waals surface area contributed by atoms with Gasteiger partial charge in [0, 0.05) is 6.54 Å². The van der Waals surface area contributed by atoms with Crippen LogP contribution in [0.25, 0.3) is 5.65 Å². The minimum atomic E-state index is -0.387. The maximum Gasteiger partial charge on any atom is 0.337 e. The van der Waals surface area contributed by atoms with E-state index in [1.165, 1.54) is 7.11 Å². The van der Waals surface area contributed by atoms with E-state index in [0.29, 0.717) is 30.1 Å². The number of carbonyl (C=O) groups excluding carboxylic acids is 1. The molecule has 0 aliphatic carbocycles. The number of aryl methyl sites for hydroxylation is 1. The molecule has 3 aromatic rings. The Balaban J connectivity index is 1.60. The summed E-state index contributed by atoms with van der Waals surface area (Å²) in [5, 5.41) is 15.6. The topological polar surface area (TPSA) is 90.6 Å². The summed E-state index contributed by atoms with van der Waals surface area (Å²) >= 11 is 0. The molecule has 0 spiro atoms. The summed E-state index contributed by atoms with van der Waals surface area (Å²) in [7, 11) is 1.35. The number of hydrogen-bond acceptors (Lipinski definition) is 7. The van der Waals surface area contributed by atoms with Gasteiger partial charge in [-0.15, -0.1) is 10.2 Å². The molecule has 0 atom stereocenters. The number of nitrogens with one attached hydrogen (secondary N) is 1. The van der Waals surface area contributed by atoms with Crippen molar-refractivity contribution < 1.29 is 14.3 Å². The predicted molar refractivity (Wildman–Crippen MR) is 91.9 cm³/mol. The minimum absolute atomic E-state index is 0.387. The van der Waals surface area contributed by atoms with Crippen LogP contribution in [0.3, 0.4) is 0 Å². The second-order valence-electron chi connectivity index (χ2n) is 5.30. The molecule has 8 nitrogen and oxygen atoms in total. The number of anilines is 1. The Labute approximate surface area is 144 Å². The zero-order valence-electron chi connectivity index (χ0n) is 14.1. The molecule has 130 valence electrons. The summed E-state index contributed by atoms with van der Waals surface area (Å²) in [6, 6.07) is 8.85. The first kappa shape index (κ1) is 16.7. The van der Waals surface area contributed by atoms with Gasteiger partial charge in [-0.2, -0.15) is 9.61 Å². The van der Waals surface area contributed by atoms with E-state index in [2.05, 4.69) is 20.6 Å². The molecule has 0 saturated heterocycles. The van der Waals surface area contributed by atoms with E-state index in [9.17, 15) is 4.79 Å². The van der Waals surface area contributed by atoms with Crippen molar-refractivity contribution in [2.75, 3.05) is 25.6 Å². The average Bonchev–Trinajstić information content (AvgIpc) is 3.13. The minimum Gasteiger partial charge on any atom is -0.492 e. The van der Waals surface area contributed by atoms with Gasteiger partial charge in [-0.1, -0.05) is 13.0 Å². The van der Waals surface area contributed by atoms with Crippen molar-refractivity contribution in [1.29, 1.82) is 0 Å². The van der Waals surface area contributed by atoms with Crippen LogP contribution in [-0.4, -0.2) is 46.0 Å². The van der Waals surface area contributed by atoms with Gasteiger partial charge in [0.15, 0.2) is 0 Å². The number of carbonyl (C=O) groups is 1. The molecular weight excluding hydrogens is 322 g/mol. The summed E-state index contributed by atoms with van der Waals surface area (Å²) in [5.41, 5.74) is 2.93. The van der Waals surface area contributed by atoms with Crippen LogP contribution >= 0.6 is 0 Å². The Morgan fingerprint density at radius 2 is 2.20 bits per heavy atom. The molecule has 0 amide bonds. The molecule has 0 radical (unpaired) electrons. The van der Waals surface area contributed by atoms with Gasteiger partial charge in [0.05, 0.1) is 24.1 Å². The van der Waals surface area contributed by atoms with Crippen molar-refractivity contribution in [2.45, 2.75) is 13.3 Å². The number of benzene rings is 1. The van der Waals surface area contributed by atoms with E-state index < -0.39 is 0 Å². The average molecular weight is 341 g/mol. The summed E-state index contributed by atoms with van der Waals surface area (Å²) < 4.78 is 12.0. The van der Waals surface area contributed by atoms with Crippen molar-refractivity contribution in [2.24, 2.45) is 0 Å². The molecule has 0 aliphatic heterocycles. The van der Waals surface area contributed by atoms with Crippen molar-refractivity contribution in [1.82, 2.24) is 19.8 Å². The van der Waals surface area contributed by atoms with Gasteiger partial charge in [-0.05, 0) is 30.7 Å². The SMILES string of the molecule is CCc1cc(NCCOc2cccc(C(=O)OC)c2)c2nncn2n1. The van der Waals surface area contributed by atoms with Gasteiger partial charge in [-0.25, -0.2) is 4.79 Å². The highest BCUT2D eigenvalue weighted by atomic mass is 16.5. The van der Waals surface area contributed by atoms with E-state index in [1.54, 1.807) is 35.1 Å². The first-order chi connectivity index (χ1) is 12.2. The van der Waals surface area contributed by atoms with Gasteiger partial charge in [-0.3, -0.25) is 0 Å². The van der Waals surface area contributed by atoms with Crippen molar-refractivity contribution in [3.05, 3.63) is 47.9 Å². The fourth-order valence-corrected chi connectivity index (χ4v) is 2.37. The summed E-state index contributed by atoms with van der Waals surface area (Å²) in [5.74, 6) is 0.225. The fourth-order valence-electron chi connectivity index (χ4n) is 2.37. The molecule has 0 saturated carbocycles. The van der Waals surface area contributed by atoms with Crippen LogP contribution in [0.4, 0.5) is 5.69 Å². The Kier molecular flexibility index (Phi) is 5.08. The normalized spacial score (nSPS) is 10.6. The van der Waals surface area contributed by atoms with Crippen LogP contribution in [-0.2, 0) is 11.2 Å². The molecule has 2 aromatic heterocycles. The van der Waals surface area contributed by atoms with Crippen molar-refractivity contribution in [3.63, 3.8) is 0 Å². The number of esters is 1. The molecule has 3 rings (SSSR count). The van der Waals surface area contributed by atoms with Crippen LogP contribution < -0.4 is 10.1 Å². The number of fused-ring (bicyclic) bond motifs is 1. The highest BCUT2D eigenvalue weighted by Crippen LogP contribution is 2.16. The van der Waals surface area contributed by atoms with E-state index in [1.807, 2.05) is 13.0 Å². The summed E-state index contributed by atoms with van der Waals surface area (Å²) in [6.07, 6.45) is 2.40. The molecule has 0 fully saturated rings. The first-order valence-corrected chi connectivity index (χ1v) is 7.96. The van der Waals surface area contributed by atoms with E-state index in [0.717, 1.165) is 17.8 Å². The van der Waals surface area contributed by atoms with Crippen molar-refractivity contribution >= 4 is 17.3 Å². The molecular formula is C17H19N5O3. The highest BCUT2D eigenvalue weighted by Gasteiger charge is 2.08. The lowest BCUT2D eigenvalue weighted by Gasteiger charge is -2.10. The van der Waals surface area contributed by atoms with E-state index >= 15 is 0 Å². The molecule has 0 unspecified atom stereocenters. The molecule has 1 N–H and O–H groups in total. The van der Waals surface area contributed by atoms with E-state index in [-0.39, 0.29) is 5.97 Å². The second kappa shape index (κ2) is 7.61. The number of rotatable bonds is 7. The monoisotopic (exact) mass is 341 g/mol. The summed E-state index contributed by atoms with van der Waals surface area (Å²) in [6.45, 7) is 3.03. The largest absolute Gasteiger partial charge is 0.492 e. The molecule has 0 aliphatic rings. The molecule has 25 heavy (non-hydrogen) atoms. The lowest BCUT2D eigenvalue weighted by atomic mass is 10.2. The third-order valence-electron chi connectivity index (χ3n) is 3.62. The lowest BCUT2D eigenvalue weighted by Crippen LogP contribution is -2.13. The maximum atomic E-state index is 11.5. The standard InChI is InChI=1S/C17H19N5O3/c1-3-13-10-15(16-20-19-11-22(16)21-13)18-7-8-25-14-6-4-5-12(9-14)17(23)24-2/h4-6,9-11,18H,3,7-8H2,1-2H3. The van der Waals surface area contributed by atoms with Gasteiger partial charge < -0.3 is 14.8 Å². The van der Waals surface area contributed by atoms with Gasteiger partial charge in [0.1, 0.15) is 18.7 Å². The van der Waals surface area contributed by atoms with Crippen LogP contribution in [0.15, 0.2) is 36.7 Å². The lowest BCUT2D eigenvalue weighted by molar-refractivity contribution is 0.0600.